The molecule has 6 nitrogen and oxygen atoms in total. The number of hydrogen-bond acceptors (Lipinski definition) is 3. The highest BCUT2D eigenvalue weighted by Gasteiger charge is 2.10. The summed E-state index contributed by atoms with van der Waals surface area (Å²) in [5, 5.41) is 8.80. The minimum Gasteiger partial charge on any atom is -0.477 e. The molecule has 2 aromatic rings. The van der Waals surface area contributed by atoms with Gasteiger partial charge in [0.15, 0.2) is 0 Å². The van der Waals surface area contributed by atoms with Gasteiger partial charge in [-0.2, -0.15) is 0 Å². The maximum atomic E-state index is 11.9. The largest absolute Gasteiger partial charge is 0.477 e. The number of nitrogens with zero attached hydrogens (tertiary/aromatic N) is 1. The average Bonchev–Trinajstić information content (AvgIpc) is 2.45. The lowest BCUT2D eigenvalue weighted by Gasteiger charge is -2.06. The summed E-state index contributed by atoms with van der Waals surface area (Å²) in [6.45, 7) is 2.11. The molecule has 1 heterocycles. The van der Waals surface area contributed by atoms with E-state index in [0.717, 1.165) is 35.5 Å². The molecule has 0 fully saturated rings. The first kappa shape index (κ1) is 14.8. The van der Waals surface area contributed by atoms with Gasteiger partial charge >= 0.3 is 11.7 Å². The molecule has 0 aliphatic heterocycles. The number of H-pyrrole nitrogens is 1. The zero-order valence-corrected chi connectivity index (χ0v) is 11.6. The SMILES string of the molecule is CCCCc1ccc(-n2c(=O)cc(C(=O)O)[nH]c2=O)cc1. The number of benzene rings is 1. The molecule has 0 aliphatic rings. The molecular formula is C15H16N2O4. The molecule has 2 rings (SSSR count). The molecule has 1 aromatic carbocycles. The van der Waals surface area contributed by atoms with Crippen molar-refractivity contribution >= 4 is 5.97 Å². The van der Waals surface area contributed by atoms with Crippen LogP contribution in [0.15, 0.2) is 39.9 Å². The third-order valence-corrected chi connectivity index (χ3v) is 3.18. The number of aromatic nitrogens is 2. The van der Waals surface area contributed by atoms with Crippen molar-refractivity contribution in [2.24, 2.45) is 0 Å². The van der Waals surface area contributed by atoms with Gasteiger partial charge in [-0.3, -0.25) is 4.79 Å². The molecule has 110 valence electrons. The van der Waals surface area contributed by atoms with E-state index in [0.29, 0.717) is 5.69 Å². The third-order valence-electron chi connectivity index (χ3n) is 3.18. The van der Waals surface area contributed by atoms with E-state index >= 15 is 0 Å². The second-order valence-electron chi connectivity index (χ2n) is 4.74. The predicted molar refractivity (Wildman–Crippen MR) is 78.2 cm³/mol. The third kappa shape index (κ3) is 3.28. The Labute approximate surface area is 120 Å². The van der Waals surface area contributed by atoms with Crippen molar-refractivity contribution in [3.63, 3.8) is 0 Å². The van der Waals surface area contributed by atoms with E-state index in [4.69, 9.17) is 5.11 Å². The minimum absolute atomic E-state index is 0.415. The summed E-state index contributed by atoms with van der Waals surface area (Å²) in [6, 6.07) is 7.99. The molecule has 0 aliphatic carbocycles. The molecule has 0 saturated carbocycles. The van der Waals surface area contributed by atoms with E-state index < -0.39 is 22.9 Å². The lowest BCUT2D eigenvalue weighted by Crippen LogP contribution is -2.35. The number of hydrogen-bond donors (Lipinski definition) is 2. The topological polar surface area (TPSA) is 92.2 Å². The van der Waals surface area contributed by atoms with Gasteiger partial charge in [0, 0.05) is 6.07 Å². The average molecular weight is 288 g/mol. The van der Waals surface area contributed by atoms with E-state index in [1.165, 1.54) is 0 Å². The molecule has 0 spiro atoms. The molecule has 2 N–H and O–H groups in total. The van der Waals surface area contributed by atoms with Crippen molar-refractivity contribution in [3.8, 4) is 5.69 Å². The lowest BCUT2D eigenvalue weighted by atomic mass is 10.1. The van der Waals surface area contributed by atoms with Crippen molar-refractivity contribution in [1.29, 1.82) is 0 Å². The number of nitrogens with one attached hydrogen (secondary N) is 1. The van der Waals surface area contributed by atoms with Gasteiger partial charge in [-0.05, 0) is 30.5 Å². The van der Waals surface area contributed by atoms with Crippen molar-refractivity contribution in [3.05, 3.63) is 62.4 Å². The Morgan fingerprint density at radius 3 is 2.43 bits per heavy atom. The van der Waals surface area contributed by atoms with E-state index in [-0.39, 0.29) is 0 Å². The Bertz CT molecular complexity index is 725. The number of aryl methyl sites for hydroxylation is 1. The van der Waals surface area contributed by atoms with Crippen LogP contribution in [0.4, 0.5) is 0 Å². The fraction of sp³-hybridized carbons (Fsp3) is 0.267. The summed E-state index contributed by atoms with van der Waals surface area (Å²) in [5.74, 6) is -1.34. The minimum atomic E-state index is -1.34. The molecular weight excluding hydrogens is 272 g/mol. The van der Waals surface area contributed by atoms with Crippen LogP contribution in [0.5, 0.6) is 0 Å². The Balaban J connectivity index is 2.41. The van der Waals surface area contributed by atoms with Crippen LogP contribution < -0.4 is 11.2 Å². The van der Waals surface area contributed by atoms with Crippen molar-refractivity contribution in [2.45, 2.75) is 26.2 Å². The molecule has 1 aromatic heterocycles. The van der Waals surface area contributed by atoms with Gasteiger partial charge in [0.05, 0.1) is 5.69 Å². The first-order valence-electron chi connectivity index (χ1n) is 6.72. The Hall–Kier alpha value is -2.63. The van der Waals surface area contributed by atoms with Gasteiger partial charge in [-0.25, -0.2) is 14.2 Å². The zero-order valence-electron chi connectivity index (χ0n) is 11.6. The van der Waals surface area contributed by atoms with E-state index in [2.05, 4.69) is 11.9 Å². The summed E-state index contributed by atoms with van der Waals surface area (Å²) in [4.78, 5) is 36.7. The first-order valence-corrected chi connectivity index (χ1v) is 6.72. The summed E-state index contributed by atoms with van der Waals surface area (Å²) >= 11 is 0. The maximum absolute atomic E-state index is 11.9. The fourth-order valence-corrected chi connectivity index (χ4v) is 2.05. The van der Waals surface area contributed by atoms with Crippen LogP contribution in [-0.2, 0) is 6.42 Å². The van der Waals surface area contributed by atoms with Gasteiger partial charge in [0.25, 0.3) is 5.56 Å². The lowest BCUT2D eigenvalue weighted by molar-refractivity contribution is 0.0689. The summed E-state index contributed by atoms with van der Waals surface area (Å²) < 4.78 is 0.913. The van der Waals surface area contributed by atoms with Crippen LogP contribution in [0.3, 0.4) is 0 Å². The number of aromatic carboxylic acids is 1. The van der Waals surface area contributed by atoms with E-state index in [9.17, 15) is 14.4 Å². The number of carboxylic acids is 1. The first-order chi connectivity index (χ1) is 10.0. The fourth-order valence-electron chi connectivity index (χ4n) is 2.05. The van der Waals surface area contributed by atoms with Crippen molar-refractivity contribution < 1.29 is 9.90 Å². The number of carbonyl (C=O) groups is 1. The monoisotopic (exact) mass is 288 g/mol. The molecule has 6 heteroatoms. The number of unbranched alkanes of at least 4 members (excludes halogenated alkanes) is 1. The molecule has 21 heavy (non-hydrogen) atoms. The van der Waals surface area contributed by atoms with E-state index in [1.807, 2.05) is 12.1 Å². The second kappa shape index (κ2) is 6.21. The highest BCUT2D eigenvalue weighted by Crippen LogP contribution is 2.09. The van der Waals surface area contributed by atoms with Crippen LogP contribution in [0.1, 0.15) is 35.8 Å². The highest BCUT2D eigenvalue weighted by molar-refractivity contribution is 5.84. The smallest absolute Gasteiger partial charge is 0.352 e. The number of aromatic amines is 1. The molecule has 0 atom stereocenters. The van der Waals surface area contributed by atoms with Gasteiger partial charge in [-0.15, -0.1) is 0 Å². The Morgan fingerprint density at radius 1 is 1.24 bits per heavy atom. The zero-order chi connectivity index (χ0) is 15.4. The molecule has 0 amide bonds. The standard InChI is InChI=1S/C15H16N2O4/c1-2-3-4-10-5-7-11(8-6-10)17-13(18)9-12(14(19)20)16-15(17)21/h5-9H,2-4H2,1H3,(H,16,21)(H,19,20). The van der Waals surface area contributed by atoms with Crippen LogP contribution >= 0.6 is 0 Å². The van der Waals surface area contributed by atoms with Crippen LogP contribution in [0.25, 0.3) is 5.69 Å². The summed E-state index contributed by atoms with van der Waals surface area (Å²) in [5.41, 5.74) is -0.301. The predicted octanol–water partition coefficient (Wildman–Crippen LogP) is 1.57. The maximum Gasteiger partial charge on any atom is 0.352 e. The normalized spacial score (nSPS) is 10.5. The molecule has 0 unspecified atom stereocenters. The van der Waals surface area contributed by atoms with Crippen molar-refractivity contribution in [2.75, 3.05) is 0 Å². The Morgan fingerprint density at radius 2 is 1.90 bits per heavy atom. The summed E-state index contributed by atoms with van der Waals surface area (Å²) in [7, 11) is 0. The van der Waals surface area contributed by atoms with Crippen LogP contribution in [-0.4, -0.2) is 20.6 Å². The quantitative estimate of drug-likeness (QED) is 0.873. The number of rotatable bonds is 5. The molecule has 0 saturated heterocycles. The molecule has 0 radical (unpaired) electrons. The highest BCUT2D eigenvalue weighted by atomic mass is 16.4. The van der Waals surface area contributed by atoms with Gasteiger partial charge in [0.1, 0.15) is 5.69 Å². The van der Waals surface area contributed by atoms with Gasteiger partial charge in [0.2, 0.25) is 0 Å². The van der Waals surface area contributed by atoms with Crippen molar-refractivity contribution in [1.82, 2.24) is 9.55 Å². The van der Waals surface area contributed by atoms with E-state index in [1.54, 1.807) is 12.1 Å². The summed E-state index contributed by atoms with van der Waals surface area (Å²) in [6.07, 6.45) is 3.12. The second-order valence-corrected chi connectivity index (χ2v) is 4.74. The van der Waals surface area contributed by atoms with Gasteiger partial charge in [-0.1, -0.05) is 25.5 Å². The molecule has 0 bridgehead atoms. The number of carboxylic acid groups (broad SMARTS) is 1. The Kier molecular flexibility index (Phi) is 4.37. The van der Waals surface area contributed by atoms with Crippen LogP contribution in [0, 0.1) is 0 Å². The van der Waals surface area contributed by atoms with Gasteiger partial charge < -0.3 is 10.1 Å². The van der Waals surface area contributed by atoms with Crippen LogP contribution in [0.2, 0.25) is 0 Å².